The molecule has 0 aliphatic carbocycles. The van der Waals surface area contributed by atoms with E-state index in [1.807, 2.05) is 6.92 Å². The summed E-state index contributed by atoms with van der Waals surface area (Å²) in [5.74, 6) is -1.71. The molecular formula is C14H21F2N. The highest BCUT2D eigenvalue weighted by atomic mass is 19.2. The van der Waals surface area contributed by atoms with Gasteiger partial charge in [0.25, 0.3) is 0 Å². The summed E-state index contributed by atoms with van der Waals surface area (Å²) in [5, 5.41) is 8.80. The highest BCUT2D eigenvalue weighted by Crippen LogP contribution is 2.37. The van der Waals surface area contributed by atoms with E-state index in [0.29, 0.717) is 12.8 Å². The summed E-state index contributed by atoms with van der Waals surface area (Å²) in [5.41, 5.74) is -0.159. The molecule has 0 aromatic heterocycles. The lowest BCUT2D eigenvalue weighted by molar-refractivity contribution is 0.289. The van der Waals surface area contributed by atoms with Crippen molar-refractivity contribution in [2.75, 3.05) is 0 Å². The molecule has 0 aliphatic rings. The number of allylic oxidation sites excluding steroid dienone is 3. The van der Waals surface area contributed by atoms with Crippen LogP contribution < -0.4 is 0 Å². The number of rotatable bonds is 7. The molecule has 0 heterocycles. The molecular weight excluding hydrogens is 220 g/mol. The molecule has 3 heteroatoms. The van der Waals surface area contributed by atoms with E-state index in [-0.39, 0.29) is 11.0 Å². The summed E-state index contributed by atoms with van der Waals surface area (Å²) in [7, 11) is 0. The Morgan fingerprint density at radius 1 is 1.41 bits per heavy atom. The summed E-state index contributed by atoms with van der Waals surface area (Å²) >= 11 is 0. The zero-order chi connectivity index (χ0) is 13.5. The molecule has 0 aromatic carbocycles. The van der Waals surface area contributed by atoms with Crippen molar-refractivity contribution in [1.29, 1.82) is 5.26 Å². The number of hydrogen-bond donors (Lipinski definition) is 0. The van der Waals surface area contributed by atoms with Crippen LogP contribution >= 0.6 is 0 Å². The van der Waals surface area contributed by atoms with Crippen LogP contribution in [0.4, 0.5) is 8.78 Å². The van der Waals surface area contributed by atoms with Crippen LogP contribution in [0.3, 0.4) is 0 Å². The van der Waals surface area contributed by atoms with Crippen molar-refractivity contribution in [1.82, 2.24) is 0 Å². The lowest BCUT2D eigenvalue weighted by Crippen LogP contribution is -2.17. The SMILES string of the molecule is C=C(CC(C)(CC#N)CCCC)/C(F)=C(\C)F. The second-order valence-electron chi connectivity index (χ2n) is 4.88. The molecule has 1 unspecified atom stereocenters. The molecule has 0 radical (unpaired) electrons. The van der Waals surface area contributed by atoms with Crippen molar-refractivity contribution in [3.63, 3.8) is 0 Å². The monoisotopic (exact) mass is 241 g/mol. The van der Waals surface area contributed by atoms with Gasteiger partial charge in [-0.05, 0) is 30.8 Å². The lowest BCUT2D eigenvalue weighted by atomic mass is 9.77. The van der Waals surface area contributed by atoms with Gasteiger partial charge in [0.05, 0.1) is 6.07 Å². The number of halogens is 2. The van der Waals surface area contributed by atoms with Gasteiger partial charge >= 0.3 is 0 Å². The minimum atomic E-state index is -0.870. The molecule has 96 valence electrons. The number of hydrogen-bond acceptors (Lipinski definition) is 1. The fourth-order valence-corrected chi connectivity index (χ4v) is 1.87. The van der Waals surface area contributed by atoms with Crippen molar-refractivity contribution in [2.24, 2.45) is 5.41 Å². The summed E-state index contributed by atoms with van der Waals surface area (Å²) in [6.07, 6.45) is 3.49. The lowest BCUT2D eigenvalue weighted by Gasteiger charge is -2.27. The Morgan fingerprint density at radius 2 is 2.00 bits per heavy atom. The van der Waals surface area contributed by atoms with Gasteiger partial charge in [-0.25, -0.2) is 8.78 Å². The first kappa shape index (κ1) is 15.8. The highest BCUT2D eigenvalue weighted by Gasteiger charge is 2.26. The van der Waals surface area contributed by atoms with Crippen molar-refractivity contribution in [3.8, 4) is 6.07 Å². The van der Waals surface area contributed by atoms with Crippen LogP contribution in [0.5, 0.6) is 0 Å². The molecule has 1 atom stereocenters. The van der Waals surface area contributed by atoms with E-state index in [1.54, 1.807) is 0 Å². The fourth-order valence-electron chi connectivity index (χ4n) is 1.87. The maximum Gasteiger partial charge on any atom is 0.156 e. The molecule has 0 saturated heterocycles. The fraction of sp³-hybridized carbons (Fsp3) is 0.643. The van der Waals surface area contributed by atoms with E-state index in [0.717, 1.165) is 26.2 Å². The second kappa shape index (κ2) is 7.21. The first-order valence-corrected chi connectivity index (χ1v) is 5.93. The Bertz CT molecular complexity index is 335. The topological polar surface area (TPSA) is 23.8 Å². The van der Waals surface area contributed by atoms with Gasteiger partial charge in [-0.2, -0.15) is 5.26 Å². The molecule has 0 amide bonds. The van der Waals surface area contributed by atoms with Gasteiger partial charge in [0.2, 0.25) is 0 Å². The normalized spacial score (nSPS) is 15.8. The summed E-state index contributed by atoms with van der Waals surface area (Å²) < 4.78 is 26.1. The Morgan fingerprint density at radius 3 is 2.41 bits per heavy atom. The standard InChI is InChI=1S/C14H21F2N/c1-5-6-7-14(4,8-9-17)10-11(2)13(16)12(3)15/h2,5-8,10H2,1,3-4H3/b13-12-. The molecule has 0 rings (SSSR count). The smallest absolute Gasteiger partial charge is 0.156 e. The molecule has 0 fully saturated rings. The third kappa shape index (κ3) is 5.63. The van der Waals surface area contributed by atoms with Crippen LogP contribution in [0.1, 0.15) is 52.9 Å². The van der Waals surface area contributed by atoms with Gasteiger partial charge < -0.3 is 0 Å². The summed E-state index contributed by atoms with van der Waals surface area (Å²) in [4.78, 5) is 0. The maximum absolute atomic E-state index is 13.3. The van der Waals surface area contributed by atoms with Crippen LogP contribution in [-0.4, -0.2) is 0 Å². The predicted molar refractivity (Wildman–Crippen MR) is 66.5 cm³/mol. The molecule has 0 spiro atoms. The van der Waals surface area contributed by atoms with E-state index < -0.39 is 11.7 Å². The molecule has 0 aliphatic heterocycles. The molecule has 1 nitrogen and oxygen atoms in total. The van der Waals surface area contributed by atoms with Crippen molar-refractivity contribution in [2.45, 2.75) is 52.9 Å². The van der Waals surface area contributed by atoms with Crippen molar-refractivity contribution < 1.29 is 8.78 Å². The Kier molecular flexibility index (Phi) is 6.72. The summed E-state index contributed by atoms with van der Waals surface area (Å²) in [6.45, 7) is 8.64. The van der Waals surface area contributed by atoms with Crippen molar-refractivity contribution in [3.05, 3.63) is 23.8 Å². The molecule has 0 bridgehead atoms. The van der Waals surface area contributed by atoms with E-state index in [2.05, 4.69) is 19.6 Å². The number of nitriles is 1. The maximum atomic E-state index is 13.3. The molecule has 0 N–H and O–H groups in total. The van der Waals surface area contributed by atoms with Crippen LogP contribution in [0.2, 0.25) is 0 Å². The minimum absolute atomic E-state index is 0.152. The molecule has 17 heavy (non-hydrogen) atoms. The van der Waals surface area contributed by atoms with Crippen LogP contribution in [0, 0.1) is 16.7 Å². The zero-order valence-electron chi connectivity index (χ0n) is 10.9. The van der Waals surface area contributed by atoms with Crippen LogP contribution in [0.15, 0.2) is 23.8 Å². The average Bonchev–Trinajstić information content (AvgIpc) is 2.25. The van der Waals surface area contributed by atoms with E-state index in [4.69, 9.17) is 5.26 Å². The first-order chi connectivity index (χ1) is 7.86. The first-order valence-electron chi connectivity index (χ1n) is 5.93. The zero-order valence-corrected chi connectivity index (χ0v) is 10.9. The Balaban J connectivity index is 4.71. The van der Waals surface area contributed by atoms with Gasteiger partial charge in [-0.3, -0.25) is 0 Å². The molecule has 0 aromatic rings. The molecule has 0 saturated carbocycles. The van der Waals surface area contributed by atoms with E-state index in [1.165, 1.54) is 0 Å². The number of nitrogens with zero attached hydrogens (tertiary/aromatic N) is 1. The minimum Gasteiger partial charge on any atom is -0.209 e. The quantitative estimate of drug-likeness (QED) is 0.561. The van der Waals surface area contributed by atoms with Gasteiger partial charge in [0.1, 0.15) is 5.83 Å². The van der Waals surface area contributed by atoms with Crippen LogP contribution in [0.25, 0.3) is 0 Å². The van der Waals surface area contributed by atoms with Gasteiger partial charge in [0, 0.05) is 6.42 Å². The van der Waals surface area contributed by atoms with E-state index >= 15 is 0 Å². The van der Waals surface area contributed by atoms with Gasteiger partial charge in [0.15, 0.2) is 5.83 Å². The predicted octanol–water partition coefficient (Wildman–Crippen LogP) is 5.21. The average molecular weight is 241 g/mol. The van der Waals surface area contributed by atoms with Gasteiger partial charge in [-0.15, -0.1) is 0 Å². The highest BCUT2D eigenvalue weighted by molar-refractivity contribution is 5.25. The van der Waals surface area contributed by atoms with E-state index in [9.17, 15) is 8.78 Å². The Hall–Kier alpha value is -1.17. The third-order valence-electron chi connectivity index (χ3n) is 2.89. The van der Waals surface area contributed by atoms with Crippen molar-refractivity contribution >= 4 is 0 Å². The second-order valence-corrected chi connectivity index (χ2v) is 4.88. The van der Waals surface area contributed by atoms with Crippen LogP contribution in [-0.2, 0) is 0 Å². The largest absolute Gasteiger partial charge is 0.209 e. The van der Waals surface area contributed by atoms with Gasteiger partial charge in [-0.1, -0.05) is 33.3 Å². The third-order valence-corrected chi connectivity index (χ3v) is 2.89. The summed E-state index contributed by atoms with van der Waals surface area (Å²) in [6, 6.07) is 2.12. The Labute approximate surface area is 103 Å². The number of unbranched alkanes of at least 4 members (excludes halogenated alkanes) is 1.